The predicted molar refractivity (Wildman–Crippen MR) is 98.4 cm³/mol. The minimum Gasteiger partial charge on any atom is -0.353 e. The van der Waals surface area contributed by atoms with Gasteiger partial charge in [-0.15, -0.1) is 0 Å². The van der Waals surface area contributed by atoms with Crippen molar-refractivity contribution in [3.05, 3.63) is 40.2 Å². The minimum absolute atomic E-state index is 0.278. The van der Waals surface area contributed by atoms with Crippen LogP contribution >= 0.6 is 15.9 Å². The fourth-order valence-electron chi connectivity index (χ4n) is 2.32. The predicted octanol–water partition coefficient (Wildman–Crippen LogP) is 3.97. The average Bonchev–Trinajstić information content (AvgIpc) is 3.34. The van der Waals surface area contributed by atoms with E-state index >= 15 is 0 Å². The highest BCUT2D eigenvalue weighted by molar-refractivity contribution is 9.10. The lowest BCUT2D eigenvalue weighted by atomic mass is 10.2. The molecule has 7 heteroatoms. The third-order valence-electron chi connectivity index (χ3n) is 3.78. The Labute approximate surface area is 149 Å². The molecular formula is C17H21BrFN5. The monoisotopic (exact) mass is 393 g/mol. The molecule has 0 amide bonds. The Morgan fingerprint density at radius 1 is 1.25 bits per heavy atom. The molecule has 0 spiro atoms. The van der Waals surface area contributed by atoms with E-state index in [4.69, 9.17) is 0 Å². The number of aromatic nitrogens is 2. The molecule has 1 aliphatic rings. The molecule has 5 nitrogen and oxygen atoms in total. The molecule has 128 valence electrons. The second-order valence-corrected chi connectivity index (χ2v) is 7.11. The van der Waals surface area contributed by atoms with Gasteiger partial charge in [-0.3, -0.25) is 0 Å². The highest BCUT2D eigenvalue weighted by atomic mass is 79.9. The molecule has 2 N–H and O–H groups in total. The van der Waals surface area contributed by atoms with Gasteiger partial charge in [0.05, 0.1) is 11.4 Å². The van der Waals surface area contributed by atoms with Crippen molar-refractivity contribution in [2.75, 3.05) is 37.8 Å². The molecule has 1 heterocycles. The van der Waals surface area contributed by atoms with Gasteiger partial charge in [0.1, 0.15) is 11.6 Å². The SMILES string of the molecule is CN(C)CCNc1nc(Nc2ccc(F)cc2Br)cc(C2CC2)n1. The Bertz CT molecular complexity index is 718. The van der Waals surface area contributed by atoms with Crippen molar-refractivity contribution in [2.45, 2.75) is 18.8 Å². The van der Waals surface area contributed by atoms with Gasteiger partial charge in [-0.25, -0.2) is 9.37 Å². The number of rotatable bonds is 7. The number of anilines is 3. The maximum absolute atomic E-state index is 13.2. The molecule has 1 aromatic carbocycles. The van der Waals surface area contributed by atoms with Crippen molar-refractivity contribution in [3.63, 3.8) is 0 Å². The number of nitrogens with zero attached hydrogens (tertiary/aromatic N) is 3. The van der Waals surface area contributed by atoms with E-state index in [0.717, 1.165) is 24.5 Å². The first kappa shape index (κ1) is 17.1. The number of halogens is 2. The van der Waals surface area contributed by atoms with Crippen molar-refractivity contribution >= 4 is 33.4 Å². The normalized spacial score (nSPS) is 14.0. The quantitative estimate of drug-likeness (QED) is 0.744. The van der Waals surface area contributed by atoms with Crippen LogP contribution in [0.2, 0.25) is 0 Å². The first-order valence-electron chi connectivity index (χ1n) is 8.01. The van der Waals surface area contributed by atoms with E-state index in [0.29, 0.717) is 22.2 Å². The van der Waals surface area contributed by atoms with E-state index in [2.05, 4.69) is 41.4 Å². The molecule has 0 bridgehead atoms. The lowest BCUT2D eigenvalue weighted by molar-refractivity contribution is 0.425. The molecule has 1 aliphatic carbocycles. The van der Waals surface area contributed by atoms with E-state index in [1.165, 1.54) is 25.0 Å². The van der Waals surface area contributed by atoms with E-state index in [1.54, 1.807) is 6.07 Å². The molecule has 24 heavy (non-hydrogen) atoms. The zero-order valence-electron chi connectivity index (χ0n) is 13.8. The Kier molecular flexibility index (Phi) is 5.30. The van der Waals surface area contributed by atoms with E-state index in [1.807, 2.05) is 20.2 Å². The lowest BCUT2D eigenvalue weighted by Crippen LogP contribution is -2.21. The summed E-state index contributed by atoms with van der Waals surface area (Å²) in [6, 6.07) is 6.52. The largest absolute Gasteiger partial charge is 0.353 e. The summed E-state index contributed by atoms with van der Waals surface area (Å²) in [6.45, 7) is 1.68. The van der Waals surface area contributed by atoms with Crippen LogP contribution in [-0.2, 0) is 0 Å². The summed E-state index contributed by atoms with van der Waals surface area (Å²) in [5, 5.41) is 6.52. The van der Waals surface area contributed by atoms with Gasteiger partial charge in [-0.05, 0) is 61.1 Å². The average molecular weight is 394 g/mol. The van der Waals surface area contributed by atoms with Gasteiger partial charge in [0.25, 0.3) is 0 Å². The van der Waals surface area contributed by atoms with E-state index in [9.17, 15) is 4.39 Å². The van der Waals surface area contributed by atoms with E-state index in [-0.39, 0.29) is 5.82 Å². The molecule has 1 saturated carbocycles. The third-order valence-corrected chi connectivity index (χ3v) is 4.43. The topological polar surface area (TPSA) is 53.1 Å². The summed E-state index contributed by atoms with van der Waals surface area (Å²) in [6.07, 6.45) is 2.35. The first-order chi connectivity index (χ1) is 11.5. The first-order valence-corrected chi connectivity index (χ1v) is 8.80. The Morgan fingerprint density at radius 2 is 2.04 bits per heavy atom. The van der Waals surface area contributed by atoms with Crippen LogP contribution in [0.1, 0.15) is 24.5 Å². The summed E-state index contributed by atoms with van der Waals surface area (Å²) in [5.74, 6) is 1.59. The molecule has 0 saturated heterocycles. The van der Waals surface area contributed by atoms with Gasteiger partial charge in [0.15, 0.2) is 0 Å². The van der Waals surface area contributed by atoms with Crippen LogP contribution in [-0.4, -0.2) is 42.1 Å². The van der Waals surface area contributed by atoms with E-state index < -0.39 is 0 Å². The number of hydrogen-bond donors (Lipinski definition) is 2. The minimum atomic E-state index is -0.278. The summed E-state index contributed by atoms with van der Waals surface area (Å²) >= 11 is 3.37. The molecule has 1 aromatic heterocycles. The maximum Gasteiger partial charge on any atom is 0.224 e. The smallest absolute Gasteiger partial charge is 0.224 e. The van der Waals surface area contributed by atoms with Crippen LogP contribution in [0.3, 0.4) is 0 Å². The van der Waals surface area contributed by atoms with Gasteiger partial charge in [-0.2, -0.15) is 4.98 Å². The number of nitrogens with one attached hydrogen (secondary N) is 2. The summed E-state index contributed by atoms with van der Waals surface area (Å²) < 4.78 is 13.9. The lowest BCUT2D eigenvalue weighted by Gasteiger charge is -2.13. The maximum atomic E-state index is 13.2. The van der Waals surface area contributed by atoms with Crippen LogP contribution in [0.25, 0.3) is 0 Å². The van der Waals surface area contributed by atoms with Gasteiger partial charge in [-0.1, -0.05) is 0 Å². The van der Waals surface area contributed by atoms with Crippen molar-refractivity contribution in [2.24, 2.45) is 0 Å². The molecule has 0 aliphatic heterocycles. The van der Waals surface area contributed by atoms with Crippen LogP contribution in [0, 0.1) is 5.82 Å². The molecule has 0 atom stereocenters. The van der Waals surface area contributed by atoms with Crippen molar-refractivity contribution in [3.8, 4) is 0 Å². The Hall–Kier alpha value is -1.73. The second-order valence-electron chi connectivity index (χ2n) is 6.26. The number of hydrogen-bond acceptors (Lipinski definition) is 5. The fourth-order valence-corrected chi connectivity index (χ4v) is 2.77. The Morgan fingerprint density at radius 3 is 2.71 bits per heavy atom. The number of benzene rings is 1. The summed E-state index contributed by atoms with van der Waals surface area (Å²) in [5.41, 5.74) is 1.83. The molecule has 0 radical (unpaired) electrons. The van der Waals surface area contributed by atoms with Crippen LogP contribution < -0.4 is 10.6 Å². The van der Waals surface area contributed by atoms with Crippen LogP contribution in [0.5, 0.6) is 0 Å². The van der Waals surface area contributed by atoms with Crippen molar-refractivity contribution < 1.29 is 4.39 Å². The zero-order chi connectivity index (χ0) is 17.1. The van der Waals surface area contributed by atoms with Crippen LogP contribution in [0.4, 0.5) is 21.8 Å². The molecule has 0 unspecified atom stereocenters. The third kappa shape index (κ3) is 4.64. The van der Waals surface area contributed by atoms with Crippen LogP contribution in [0.15, 0.2) is 28.7 Å². The van der Waals surface area contributed by atoms with Gasteiger partial charge < -0.3 is 15.5 Å². The van der Waals surface area contributed by atoms with Gasteiger partial charge >= 0.3 is 0 Å². The Balaban J connectivity index is 1.79. The molecular weight excluding hydrogens is 373 g/mol. The molecule has 2 aromatic rings. The highest BCUT2D eigenvalue weighted by Gasteiger charge is 2.26. The van der Waals surface area contributed by atoms with Crippen molar-refractivity contribution in [1.29, 1.82) is 0 Å². The number of likely N-dealkylation sites (N-methyl/N-ethyl adjacent to an activating group) is 1. The molecule has 1 fully saturated rings. The fraction of sp³-hybridized carbons (Fsp3) is 0.412. The second kappa shape index (κ2) is 7.44. The summed E-state index contributed by atoms with van der Waals surface area (Å²) in [7, 11) is 4.06. The highest BCUT2D eigenvalue weighted by Crippen LogP contribution is 2.40. The van der Waals surface area contributed by atoms with Gasteiger partial charge in [0, 0.05) is 29.5 Å². The van der Waals surface area contributed by atoms with Gasteiger partial charge in [0.2, 0.25) is 5.95 Å². The molecule has 3 rings (SSSR count). The summed E-state index contributed by atoms with van der Waals surface area (Å²) in [4.78, 5) is 11.3. The van der Waals surface area contributed by atoms with Crippen molar-refractivity contribution in [1.82, 2.24) is 14.9 Å². The standard InChI is InChI=1S/C17H21BrFN5/c1-24(2)8-7-20-17-22-15(11-3-4-11)10-16(23-17)21-14-6-5-12(19)9-13(14)18/h5-6,9-11H,3-4,7-8H2,1-2H3,(H2,20,21,22,23). The zero-order valence-corrected chi connectivity index (χ0v) is 15.4.